The van der Waals surface area contributed by atoms with Crippen LogP contribution in [0.2, 0.25) is 0 Å². The van der Waals surface area contributed by atoms with Crippen LogP contribution in [0.25, 0.3) is 0 Å². The van der Waals surface area contributed by atoms with Crippen molar-refractivity contribution in [3.05, 3.63) is 44.3 Å². The molecule has 0 spiro atoms. The fourth-order valence-electron chi connectivity index (χ4n) is 2.05. The molecule has 0 saturated heterocycles. The van der Waals surface area contributed by atoms with Crippen LogP contribution in [-0.2, 0) is 19.6 Å². The summed E-state index contributed by atoms with van der Waals surface area (Å²) in [6.07, 6.45) is 3.61. The Morgan fingerprint density at radius 3 is 2.95 bits per heavy atom. The summed E-state index contributed by atoms with van der Waals surface area (Å²) in [5.74, 6) is 0.872. The molecule has 5 heteroatoms. The molecule has 0 radical (unpaired) electrons. The molecule has 21 heavy (non-hydrogen) atoms. The van der Waals surface area contributed by atoms with Crippen LogP contribution in [-0.4, -0.2) is 11.0 Å². The van der Waals surface area contributed by atoms with E-state index in [1.54, 1.807) is 11.3 Å². The maximum absolute atomic E-state index is 5.85. The third kappa shape index (κ3) is 4.28. The van der Waals surface area contributed by atoms with Gasteiger partial charge in [-0.1, -0.05) is 13.0 Å². The standard InChI is InChI=1S/C16H19BrN2OS/c1-2-16-19-13(10-21-16)9-20-15-6-3-11(7-14(15)17)8-18-12-4-5-12/h3,6-7,10,12,18H,2,4-5,8-9H2,1H3. The van der Waals surface area contributed by atoms with Crippen LogP contribution in [0.1, 0.15) is 36.0 Å². The molecule has 0 atom stereocenters. The molecule has 0 aliphatic heterocycles. The minimum Gasteiger partial charge on any atom is -0.486 e. The van der Waals surface area contributed by atoms with E-state index in [0.29, 0.717) is 6.61 Å². The minimum atomic E-state index is 0.523. The van der Waals surface area contributed by atoms with Crippen LogP contribution in [0, 0.1) is 0 Å². The summed E-state index contributed by atoms with van der Waals surface area (Å²) in [6, 6.07) is 7.01. The average molecular weight is 367 g/mol. The summed E-state index contributed by atoms with van der Waals surface area (Å²) in [4.78, 5) is 4.52. The Kier molecular flexibility index (Phi) is 4.93. The predicted octanol–water partition coefficient (Wildman–Crippen LogP) is 4.30. The number of thiazole rings is 1. The van der Waals surface area contributed by atoms with Crippen molar-refractivity contribution in [2.45, 2.75) is 45.4 Å². The van der Waals surface area contributed by atoms with Gasteiger partial charge in [-0.05, 0) is 52.9 Å². The molecule has 1 aromatic carbocycles. The van der Waals surface area contributed by atoms with E-state index in [0.717, 1.165) is 39.9 Å². The average Bonchev–Trinajstić information content (AvgIpc) is 3.21. The van der Waals surface area contributed by atoms with E-state index in [2.05, 4.69) is 50.7 Å². The number of hydrogen-bond acceptors (Lipinski definition) is 4. The Morgan fingerprint density at radius 2 is 2.29 bits per heavy atom. The molecule has 1 fully saturated rings. The summed E-state index contributed by atoms with van der Waals surface area (Å²) >= 11 is 5.29. The van der Waals surface area contributed by atoms with E-state index in [-0.39, 0.29) is 0 Å². The lowest BCUT2D eigenvalue weighted by Gasteiger charge is -2.09. The van der Waals surface area contributed by atoms with Gasteiger partial charge in [0.15, 0.2) is 0 Å². The molecule has 1 aliphatic carbocycles. The number of rotatable bonds is 7. The third-order valence-corrected chi connectivity index (χ3v) is 5.11. The van der Waals surface area contributed by atoms with E-state index in [1.807, 2.05) is 6.07 Å². The number of nitrogens with one attached hydrogen (secondary N) is 1. The van der Waals surface area contributed by atoms with Gasteiger partial charge in [0.25, 0.3) is 0 Å². The van der Waals surface area contributed by atoms with E-state index in [4.69, 9.17) is 4.74 Å². The third-order valence-electron chi connectivity index (χ3n) is 3.45. The molecule has 2 aromatic rings. The van der Waals surface area contributed by atoms with Crippen LogP contribution in [0.15, 0.2) is 28.1 Å². The first-order valence-corrected chi connectivity index (χ1v) is 8.99. The zero-order valence-electron chi connectivity index (χ0n) is 12.1. The van der Waals surface area contributed by atoms with Gasteiger partial charge in [0.1, 0.15) is 12.4 Å². The van der Waals surface area contributed by atoms with Gasteiger partial charge in [0, 0.05) is 18.0 Å². The van der Waals surface area contributed by atoms with E-state index in [1.165, 1.54) is 18.4 Å². The van der Waals surface area contributed by atoms with Crippen LogP contribution in [0.5, 0.6) is 5.75 Å². The second-order valence-corrected chi connectivity index (χ2v) is 7.09. The van der Waals surface area contributed by atoms with Crippen LogP contribution in [0.4, 0.5) is 0 Å². The zero-order chi connectivity index (χ0) is 14.7. The van der Waals surface area contributed by atoms with E-state index < -0.39 is 0 Å². The molecule has 1 aliphatic rings. The fourth-order valence-corrected chi connectivity index (χ4v) is 3.32. The SMILES string of the molecule is CCc1nc(COc2ccc(CNC3CC3)cc2Br)cs1. The molecule has 0 amide bonds. The molecule has 1 aromatic heterocycles. The van der Waals surface area contributed by atoms with Gasteiger partial charge in [-0.25, -0.2) is 4.98 Å². The van der Waals surface area contributed by atoms with Crippen molar-refractivity contribution in [3.63, 3.8) is 0 Å². The highest BCUT2D eigenvalue weighted by Gasteiger charge is 2.20. The van der Waals surface area contributed by atoms with Crippen LogP contribution < -0.4 is 10.1 Å². The fraction of sp³-hybridized carbons (Fsp3) is 0.438. The number of ether oxygens (including phenoxy) is 1. The number of halogens is 1. The van der Waals surface area contributed by atoms with Crippen molar-refractivity contribution < 1.29 is 4.74 Å². The minimum absolute atomic E-state index is 0.523. The number of benzene rings is 1. The van der Waals surface area contributed by atoms with Gasteiger partial charge >= 0.3 is 0 Å². The Balaban J connectivity index is 1.56. The first-order chi connectivity index (χ1) is 10.2. The van der Waals surface area contributed by atoms with E-state index >= 15 is 0 Å². The maximum Gasteiger partial charge on any atom is 0.134 e. The summed E-state index contributed by atoms with van der Waals surface area (Å²) in [5, 5.41) is 6.75. The predicted molar refractivity (Wildman–Crippen MR) is 89.8 cm³/mol. The van der Waals surface area contributed by atoms with Crippen LogP contribution >= 0.6 is 27.3 Å². The molecule has 1 heterocycles. The zero-order valence-corrected chi connectivity index (χ0v) is 14.5. The normalized spacial score (nSPS) is 14.4. The molecule has 0 bridgehead atoms. The second kappa shape index (κ2) is 6.90. The van der Waals surface area contributed by atoms with Crippen molar-refractivity contribution >= 4 is 27.3 Å². The first-order valence-electron chi connectivity index (χ1n) is 7.32. The van der Waals surface area contributed by atoms with Crippen molar-refractivity contribution in [3.8, 4) is 5.75 Å². The molecule has 112 valence electrons. The lowest BCUT2D eigenvalue weighted by molar-refractivity contribution is 0.300. The van der Waals surface area contributed by atoms with Gasteiger partial charge in [0.2, 0.25) is 0 Å². The number of nitrogens with zero attached hydrogens (tertiary/aromatic N) is 1. The van der Waals surface area contributed by atoms with Gasteiger partial charge in [-0.2, -0.15) is 0 Å². The Hall–Kier alpha value is -0.910. The van der Waals surface area contributed by atoms with Crippen LogP contribution in [0.3, 0.4) is 0 Å². The molecule has 1 N–H and O–H groups in total. The number of aryl methyl sites for hydroxylation is 1. The largest absolute Gasteiger partial charge is 0.486 e. The first kappa shape index (κ1) is 15.0. The Morgan fingerprint density at radius 1 is 1.43 bits per heavy atom. The topological polar surface area (TPSA) is 34.1 Å². The molecule has 1 saturated carbocycles. The highest BCUT2D eigenvalue weighted by atomic mass is 79.9. The van der Waals surface area contributed by atoms with Crippen molar-refractivity contribution in [1.29, 1.82) is 0 Å². The summed E-state index contributed by atoms with van der Waals surface area (Å²) in [6.45, 7) is 3.57. The monoisotopic (exact) mass is 366 g/mol. The van der Waals surface area contributed by atoms with Gasteiger partial charge in [-0.15, -0.1) is 11.3 Å². The van der Waals surface area contributed by atoms with Crippen molar-refractivity contribution in [1.82, 2.24) is 10.3 Å². The Bertz CT molecular complexity index is 610. The summed E-state index contributed by atoms with van der Waals surface area (Å²) in [7, 11) is 0. The van der Waals surface area contributed by atoms with Crippen molar-refractivity contribution in [2.24, 2.45) is 0 Å². The quantitative estimate of drug-likeness (QED) is 0.792. The summed E-state index contributed by atoms with van der Waals surface area (Å²) in [5.41, 5.74) is 2.28. The number of hydrogen-bond donors (Lipinski definition) is 1. The molecule has 3 nitrogen and oxygen atoms in total. The highest BCUT2D eigenvalue weighted by Crippen LogP contribution is 2.27. The van der Waals surface area contributed by atoms with E-state index in [9.17, 15) is 0 Å². The molecule has 0 unspecified atom stereocenters. The molecular formula is C16H19BrN2OS. The Labute approximate surface area is 137 Å². The lowest BCUT2D eigenvalue weighted by Crippen LogP contribution is -2.15. The van der Waals surface area contributed by atoms with Gasteiger partial charge in [-0.3, -0.25) is 0 Å². The summed E-state index contributed by atoms with van der Waals surface area (Å²) < 4.78 is 6.85. The van der Waals surface area contributed by atoms with Gasteiger partial charge < -0.3 is 10.1 Å². The molecule has 3 rings (SSSR count). The molecular weight excluding hydrogens is 348 g/mol. The smallest absolute Gasteiger partial charge is 0.134 e. The van der Waals surface area contributed by atoms with Crippen molar-refractivity contribution in [2.75, 3.05) is 0 Å². The maximum atomic E-state index is 5.85. The number of aromatic nitrogens is 1. The lowest BCUT2D eigenvalue weighted by atomic mass is 10.2. The second-order valence-electron chi connectivity index (χ2n) is 5.29. The van der Waals surface area contributed by atoms with Gasteiger partial charge in [0.05, 0.1) is 15.2 Å². The highest BCUT2D eigenvalue weighted by molar-refractivity contribution is 9.10.